The molecule has 4 heteroatoms. The predicted molar refractivity (Wildman–Crippen MR) is 91.4 cm³/mol. The van der Waals surface area contributed by atoms with Crippen molar-refractivity contribution in [2.24, 2.45) is 5.92 Å². The summed E-state index contributed by atoms with van der Waals surface area (Å²) in [5.74, 6) is 0.677. The minimum atomic E-state index is -3.50. The Morgan fingerprint density at radius 1 is 0.870 bits per heavy atom. The maximum atomic E-state index is 6.48. The van der Waals surface area contributed by atoms with Crippen LogP contribution in [-0.2, 0) is 27.7 Å². The molecule has 2 aliphatic rings. The summed E-state index contributed by atoms with van der Waals surface area (Å²) in [6.07, 6.45) is 11.2. The summed E-state index contributed by atoms with van der Waals surface area (Å²) in [5, 5.41) is 0. The van der Waals surface area contributed by atoms with Crippen LogP contribution in [0.2, 0.25) is 0 Å². The van der Waals surface area contributed by atoms with Crippen LogP contribution in [0.5, 0.6) is 0 Å². The van der Waals surface area contributed by atoms with Crippen molar-refractivity contribution < 1.29 is 27.7 Å². The van der Waals surface area contributed by atoms with Crippen LogP contribution in [0.3, 0.4) is 0 Å². The third-order valence-electron chi connectivity index (χ3n) is 4.31. The summed E-state index contributed by atoms with van der Waals surface area (Å²) in [7, 11) is 0. The van der Waals surface area contributed by atoms with Crippen molar-refractivity contribution in [3.8, 4) is 0 Å². The van der Waals surface area contributed by atoms with Gasteiger partial charge in [0.15, 0.2) is 0 Å². The van der Waals surface area contributed by atoms with Crippen molar-refractivity contribution in [2.45, 2.75) is 92.0 Å². The molecule has 0 aromatic carbocycles. The number of hydrogen-bond donors (Lipinski definition) is 0. The first-order chi connectivity index (χ1) is 10.8. The van der Waals surface area contributed by atoms with E-state index in [1.54, 1.807) is 0 Å². The maximum absolute atomic E-state index is 6.48. The third kappa shape index (κ3) is 5.02. The standard InChI is InChI=1S/C10H13.3C3H7O.Ti/c1-2-6-9(5-1)10-7-3-4-8-10;3*1-3(2)4;/h1,5,10H,2-4,7-8H2;3*3H,1-2H3;/q;3*-1;+3. The van der Waals surface area contributed by atoms with Crippen molar-refractivity contribution >= 4 is 0 Å². The predicted octanol–water partition coefficient (Wildman–Crippen LogP) is 5.56. The fourth-order valence-corrected chi connectivity index (χ4v) is 9.08. The van der Waals surface area contributed by atoms with Gasteiger partial charge in [-0.1, -0.05) is 0 Å². The van der Waals surface area contributed by atoms with E-state index in [0.717, 1.165) is 6.42 Å². The van der Waals surface area contributed by atoms with Crippen LogP contribution in [0.15, 0.2) is 21.6 Å². The zero-order valence-corrected chi connectivity index (χ0v) is 17.3. The first-order valence-electron chi connectivity index (χ1n) is 9.27. The van der Waals surface area contributed by atoms with E-state index in [1.165, 1.54) is 35.1 Å². The van der Waals surface area contributed by atoms with Crippen LogP contribution in [-0.4, -0.2) is 18.3 Å². The zero-order chi connectivity index (χ0) is 17.0. The van der Waals surface area contributed by atoms with E-state index >= 15 is 0 Å². The SMILES string of the molecule is CC(C)[O][Ti]([O]C(C)C)([O]C(C)C)[C]1=C(C2CCCC2)C=CC1. The van der Waals surface area contributed by atoms with Crippen molar-refractivity contribution in [3.05, 3.63) is 21.6 Å². The number of hydrogen-bond acceptors (Lipinski definition) is 3. The van der Waals surface area contributed by atoms with Gasteiger partial charge in [-0.15, -0.1) is 0 Å². The average Bonchev–Trinajstić information content (AvgIpc) is 3.07. The molecule has 3 nitrogen and oxygen atoms in total. The van der Waals surface area contributed by atoms with Gasteiger partial charge in [0.25, 0.3) is 0 Å². The summed E-state index contributed by atoms with van der Waals surface area (Å²) in [6, 6.07) is 0. The molecule has 0 aromatic heterocycles. The number of allylic oxidation sites excluding steroid dienone is 4. The quantitative estimate of drug-likeness (QED) is 0.531. The van der Waals surface area contributed by atoms with Crippen molar-refractivity contribution in [1.29, 1.82) is 0 Å². The summed E-state index contributed by atoms with van der Waals surface area (Å²) in [5.41, 5.74) is 1.48. The molecule has 132 valence electrons. The molecule has 0 aromatic rings. The van der Waals surface area contributed by atoms with Crippen LogP contribution < -0.4 is 0 Å². The second-order valence-corrected chi connectivity index (χ2v) is 11.4. The molecule has 0 amide bonds. The summed E-state index contributed by atoms with van der Waals surface area (Å²) < 4.78 is 20.8. The molecule has 0 unspecified atom stereocenters. The van der Waals surface area contributed by atoms with Gasteiger partial charge in [0.2, 0.25) is 0 Å². The first-order valence-corrected chi connectivity index (χ1v) is 12.0. The van der Waals surface area contributed by atoms with Gasteiger partial charge in [-0.25, -0.2) is 0 Å². The van der Waals surface area contributed by atoms with Crippen LogP contribution >= 0.6 is 0 Å². The van der Waals surface area contributed by atoms with Crippen molar-refractivity contribution in [3.63, 3.8) is 0 Å². The van der Waals surface area contributed by atoms with E-state index in [2.05, 4.69) is 53.7 Å². The first kappa shape index (κ1) is 19.4. The molecule has 0 bridgehead atoms. The molecule has 1 fully saturated rings. The van der Waals surface area contributed by atoms with Crippen molar-refractivity contribution in [1.82, 2.24) is 0 Å². The van der Waals surface area contributed by atoms with E-state index in [9.17, 15) is 0 Å². The van der Waals surface area contributed by atoms with Gasteiger partial charge in [0, 0.05) is 0 Å². The number of rotatable bonds is 8. The van der Waals surface area contributed by atoms with Gasteiger partial charge in [-0.05, 0) is 0 Å². The van der Waals surface area contributed by atoms with E-state index in [-0.39, 0.29) is 18.3 Å². The van der Waals surface area contributed by atoms with Gasteiger partial charge in [0.05, 0.1) is 0 Å². The molecule has 0 heterocycles. The molecule has 0 N–H and O–H groups in total. The molecule has 1 saturated carbocycles. The van der Waals surface area contributed by atoms with Crippen LogP contribution in [0, 0.1) is 5.92 Å². The van der Waals surface area contributed by atoms with Gasteiger partial charge in [0.1, 0.15) is 0 Å². The Morgan fingerprint density at radius 2 is 1.35 bits per heavy atom. The average molecular weight is 358 g/mol. The molecule has 2 aliphatic carbocycles. The molecule has 0 radical (unpaired) electrons. The summed E-state index contributed by atoms with van der Waals surface area (Å²) >= 11 is -3.50. The van der Waals surface area contributed by atoms with E-state index in [1.807, 2.05) is 0 Å². The molecular weight excluding hydrogens is 324 g/mol. The molecular formula is C19H34O3Ti. The van der Waals surface area contributed by atoms with Crippen LogP contribution in [0.4, 0.5) is 0 Å². The Hall–Kier alpha value is 0.0743. The topological polar surface area (TPSA) is 27.7 Å². The monoisotopic (exact) mass is 358 g/mol. The Balaban J connectivity index is 2.42. The Labute approximate surface area is 147 Å². The second kappa shape index (κ2) is 8.44. The Kier molecular flexibility index (Phi) is 7.12. The molecule has 0 aliphatic heterocycles. The van der Waals surface area contributed by atoms with E-state index < -0.39 is 17.8 Å². The second-order valence-electron chi connectivity index (χ2n) is 7.58. The molecule has 0 saturated heterocycles. The summed E-state index contributed by atoms with van der Waals surface area (Å²) in [4.78, 5) is 0. The Morgan fingerprint density at radius 3 is 1.78 bits per heavy atom. The van der Waals surface area contributed by atoms with Crippen molar-refractivity contribution in [2.75, 3.05) is 0 Å². The third-order valence-corrected chi connectivity index (χ3v) is 9.89. The molecule has 23 heavy (non-hydrogen) atoms. The fourth-order valence-electron chi connectivity index (χ4n) is 3.67. The summed E-state index contributed by atoms with van der Waals surface area (Å²) in [6.45, 7) is 12.5. The van der Waals surface area contributed by atoms with E-state index in [4.69, 9.17) is 9.96 Å². The van der Waals surface area contributed by atoms with Gasteiger partial charge >= 0.3 is 147 Å². The Bertz CT molecular complexity index is 419. The van der Waals surface area contributed by atoms with Gasteiger partial charge in [-0.3, -0.25) is 0 Å². The minimum absolute atomic E-state index is 0.116. The molecule has 0 spiro atoms. The molecule has 0 atom stereocenters. The van der Waals surface area contributed by atoms with Gasteiger partial charge in [-0.2, -0.15) is 0 Å². The zero-order valence-electron chi connectivity index (χ0n) is 15.7. The normalized spacial score (nSPS) is 20.0. The molecule has 2 rings (SSSR count). The van der Waals surface area contributed by atoms with Crippen LogP contribution in [0.25, 0.3) is 0 Å². The van der Waals surface area contributed by atoms with Gasteiger partial charge < -0.3 is 0 Å². The fraction of sp³-hybridized carbons (Fsp3) is 0.789. The van der Waals surface area contributed by atoms with E-state index in [0.29, 0.717) is 5.92 Å². The van der Waals surface area contributed by atoms with Crippen LogP contribution in [0.1, 0.15) is 73.6 Å².